The summed E-state index contributed by atoms with van der Waals surface area (Å²) in [6, 6.07) is 7.60. The Morgan fingerprint density at radius 1 is 0.936 bits per heavy atom. The molecule has 1 spiro atoms. The number of imidazole rings is 1. The first-order valence-corrected chi connectivity index (χ1v) is 13.9. The van der Waals surface area contributed by atoms with Crippen LogP contribution in [-0.2, 0) is 20.9 Å². The van der Waals surface area contributed by atoms with Gasteiger partial charge in [0.25, 0.3) is 5.91 Å². The van der Waals surface area contributed by atoms with Gasteiger partial charge in [0, 0.05) is 74.7 Å². The fourth-order valence-corrected chi connectivity index (χ4v) is 5.12. The number of aliphatic carboxylic acids is 2. The van der Waals surface area contributed by atoms with Gasteiger partial charge >= 0.3 is 24.3 Å². The molecule has 0 bridgehead atoms. The molecule has 2 N–H and O–H groups in total. The number of carbonyl (C=O) groups is 4. The molecule has 18 heteroatoms. The summed E-state index contributed by atoms with van der Waals surface area (Å²) in [5.74, 6) is -5.62. The van der Waals surface area contributed by atoms with E-state index in [1.807, 2.05) is 34.5 Å². The first-order chi connectivity index (χ1) is 21.9. The highest BCUT2D eigenvalue weighted by molar-refractivity contribution is 5.96. The van der Waals surface area contributed by atoms with Crippen LogP contribution in [0.2, 0.25) is 0 Å². The summed E-state index contributed by atoms with van der Waals surface area (Å²) >= 11 is 0. The Morgan fingerprint density at radius 3 is 1.91 bits per heavy atom. The molecule has 0 radical (unpaired) electrons. The highest BCUT2D eigenvalue weighted by Crippen LogP contribution is 2.50. The van der Waals surface area contributed by atoms with Gasteiger partial charge in [-0.2, -0.15) is 26.3 Å². The number of pyridine rings is 2. The molecule has 0 aliphatic carbocycles. The zero-order valence-electron chi connectivity index (χ0n) is 24.9. The molecule has 0 aromatic carbocycles. The van der Waals surface area contributed by atoms with Gasteiger partial charge < -0.3 is 24.6 Å². The van der Waals surface area contributed by atoms with E-state index >= 15 is 0 Å². The van der Waals surface area contributed by atoms with Crippen LogP contribution in [0.25, 0.3) is 0 Å². The van der Waals surface area contributed by atoms with E-state index in [0.29, 0.717) is 38.2 Å². The van der Waals surface area contributed by atoms with Gasteiger partial charge in [-0.25, -0.2) is 14.6 Å². The highest BCUT2D eigenvalue weighted by Gasteiger charge is 2.58. The number of carbonyl (C=O) groups excluding carboxylic acids is 2. The van der Waals surface area contributed by atoms with Gasteiger partial charge in [0.15, 0.2) is 0 Å². The van der Waals surface area contributed by atoms with E-state index in [1.165, 1.54) is 0 Å². The van der Waals surface area contributed by atoms with Gasteiger partial charge in [0.2, 0.25) is 5.91 Å². The lowest BCUT2D eigenvalue weighted by Crippen LogP contribution is -2.40. The number of nitrogens with zero attached hydrogens (tertiary/aromatic N) is 6. The smallest absolute Gasteiger partial charge is 0.475 e. The van der Waals surface area contributed by atoms with E-state index in [9.17, 15) is 35.9 Å². The number of hydrogen-bond acceptors (Lipinski definition) is 7. The fourth-order valence-electron chi connectivity index (χ4n) is 5.12. The number of amides is 2. The number of aromatic nitrogens is 4. The van der Waals surface area contributed by atoms with Crippen LogP contribution in [-0.4, -0.2) is 95.3 Å². The molecule has 0 saturated carbocycles. The van der Waals surface area contributed by atoms with Crippen molar-refractivity contribution >= 4 is 23.8 Å². The average Bonchev–Trinajstić information content (AvgIpc) is 3.72. The zero-order chi connectivity index (χ0) is 35.2. The summed E-state index contributed by atoms with van der Waals surface area (Å²) in [5, 5.41) is 14.2. The second-order valence-electron chi connectivity index (χ2n) is 10.9. The maximum Gasteiger partial charge on any atom is 0.490 e. The normalized spacial score (nSPS) is 19.3. The summed E-state index contributed by atoms with van der Waals surface area (Å²) in [4.78, 5) is 61.5. The van der Waals surface area contributed by atoms with Crippen molar-refractivity contribution in [2.24, 2.45) is 5.41 Å². The van der Waals surface area contributed by atoms with Crippen LogP contribution in [0.5, 0.6) is 0 Å². The second kappa shape index (κ2) is 14.6. The largest absolute Gasteiger partial charge is 0.490 e. The minimum Gasteiger partial charge on any atom is -0.475 e. The van der Waals surface area contributed by atoms with Crippen LogP contribution < -0.4 is 0 Å². The summed E-state index contributed by atoms with van der Waals surface area (Å²) in [6.45, 7) is 6.30. The number of carboxylic acids is 2. The molecule has 5 heterocycles. The molecule has 5 rings (SSSR count). The van der Waals surface area contributed by atoms with E-state index in [-0.39, 0.29) is 23.8 Å². The monoisotopic (exact) mass is 672 g/mol. The van der Waals surface area contributed by atoms with E-state index in [0.717, 1.165) is 11.3 Å². The topological polar surface area (TPSA) is 159 Å². The number of carboxylic acid groups (broad SMARTS) is 2. The summed E-state index contributed by atoms with van der Waals surface area (Å²) < 4.78 is 65.5. The van der Waals surface area contributed by atoms with Gasteiger partial charge in [0.05, 0.1) is 17.4 Å². The Labute approximate surface area is 263 Å². The zero-order valence-corrected chi connectivity index (χ0v) is 24.9. The fraction of sp³-hybridized carbons (Fsp3) is 0.414. The SMILES string of the molecule is CC(C)n1cnc(C2CN(C(=O)c3ccncc3)CC23CCN(Cc2ccncc2)C3=O)c1.O=C(O)C(F)(F)F.O=C(O)C(F)(F)F. The van der Waals surface area contributed by atoms with E-state index in [1.54, 1.807) is 36.9 Å². The second-order valence-corrected chi connectivity index (χ2v) is 10.9. The lowest BCUT2D eigenvalue weighted by Gasteiger charge is -2.28. The predicted molar refractivity (Wildman–Crippen MR) is 150 cm³/mol. The Balaban J connectivity index is 0.000000360. The van der Waals surface area contributed by atoms with Crippen molar-refractivity contribution in [3.05, 3.63) is 78.4 Å². The van der Waals surface area contributed by atoms with Gasteiger partial charge in [-0.15, -0.1) is 0 Å². The Kier molecular flexibility index (Phi) is 11.3. The van der Waals surface area contributed by atoms with Gasteiger partial charge in [0.1, 0.15) is 0 Å². The highest BCUT2D eigenvalue weighted by atomic mass is 19.4. The summed E-state index contributed by atoms with van der Waals surface area (Å²) in [7, 11) is 0. The summed E-state index contributed by atoms with van der Waals surface area (Å²) in [5.41, 5.74) is 1.87. The molecule has 2 saturated heterocycles. The molecule has 254 valence electrons. The van der Waals surface area contributed by atoms with Crippen molar-refractivity contribution in [3.8, 4) is 0 Å². The molecule has 3 aromatic rings. The Hall–Kier alpha value is -5.03. The van der Waals surface area contributed by atoms with Gasteiger partial charge in [-0.1, -0.05) is 0 Å². The molecular formula is C29H30F6N6O6. The van der Waals surface area contributed by atoms with E-state index in [2.05, 4.69) is 33.4 Å². The quantitative estimate of drug-likeness (QED) is 0.380. The predicted octanol–water partition coefficient (Wildman–Crippen LogP) is 4.18. The molecule has 47 heavy (non-hydrogen) atoms. The minimum atomic E-state index is -5.08. The number of rotatable bonds is 5. The molecule has 3 aromatic heterocycles. The van der Waals surface area contributed by atoms with Crippen LogP contribution in [0, 0.1) is 5.41 Å². The van der Waals surface area contributed by atoms with Crippen molar-refractivity contribution in [1.82, 2.24) is 29.3 Å². The van der Waals surface area contributed by atoms with Crippen LogP contribution >= 0.6 is 0 Å². The van der Waals surface area contributed by atoms with Crippen molar-refractivity contribution < 1.29 is 55.7 Å². The van der Waals surface area contributed by atoms with Crippen LogP contribution in [0.4, 0.5) is 26.3 Å². The number of hydrogen-bond donors (Lipinski definition) is 2. The number of alkyl halides is 6. The standard InChI is InChI=1S/C25H28N6O2.2C2HF3O2/c1-18(2)31-15-22(28-17-31)21-14-30(23(32)20-5-10-27-11-6-20)16-25(21)7-12-29(24(25)33)13-19-3-8-26-9-4-19;2*3-2(4,5)1(6)7/h3-6,8-11,15,17-18,21H,7,12-14,16H2,1-2H3;2*(H,6,7). The van der Waals surface area contributed by atoms with Crippen LogP contribution in [0.3, 0.4) is 0 Å². The van der Waals surface area contributed by atoms with Crippen molar-refractivity contribution in [1.29, 1.82) is 0 Å². The van der Waals surface area contributed by atoms with Crippen LogP contribution in [0.1, 0.15) is 53.8 Å². The maximum atomic E-state index is 13.9. The number of likely N-dealkylation sites (tertiary alicyclic amines) is 2. The van der Waals surface area contributed by atoms with E-state index < -0.39 is 29.7 Å². The molecule has 2 aliphatic heterocycles. The van der Waals surface area contributed by atoms with Crippen molar-refractivity contribution in [3.63, 3.8) is 0 Å². The molecular weight excluding hydrogens is 642 g/mol. The molecule has 2 aliphatic rings. The third kappa shape index (κ3) is 9.04. The van der Waals surface area contributed by atoms with Gasteiger partial charge in [-0.05, 0) is 50.1 Å². The molecule has 2 fully saturated rings. The van der Waals surface area contributed by atoms with Gasteiger partial charge in [-0.3, -0.25) is 19.6 Å². The first kappa shape index (κ1) is 36.4. The van der Waals surface area contributed by atoms with Crippen LogP contribution in [0.15, 0.2) is 61.6 Å². The summed E-state index contributed by atoms with van der Waals surface area (Å²) in [6.07, 6.45) is 1.15. The molecule has 2 atom stereocenters. The minimum absolute atomic E-state index is 0.0667. The maximum absolute atomic E-state index is 13.9. The molecule has 2 amide bonds. The van der Waals surface area contributed by atoms with E-state index in [4.69, 9.17) is 19.8 Å². The lowest BCUT2D eigenvalue weighted by atomic mass is 9.75. The number of halogens is 6. The first-order valence-electron chi connectivity index (χ1n) is 13.9. The third-order valence-corrected chi connectivity index (χ3v) is 7.48. The molecule has 12 nitrogen and oxygen atoms in total. The molecule has 2 unspecified atom stereocenters. The average molecular weight is 673 g/mol. The third-order valence-electron chi connectivity index (χ3n) is 7.48. The van der Waals surface area contributed by atoms with Crippen molar-refractivity contribution in [2.45, 2.75) is 51.1 Å². The Bertz CT molecular complexity index is 1530. The van der Waals surface area contributed by atoms with Crippen molar-refractivity contribution in [2.75, 3.05) is 19.6 Å². The Morgan fingerprint density at radius 2 is 1.45 bits per heavy atom. The lowest BCUT2D eigenvalue weighted by molar-refractivity contribution is -0.193.